The first kappa shape index (κ1) is 12.1. The Balaban J connectivity index is 1.87. The smallest absolute Gasteiger partial charge is 0.225 e. The van der Waals surface area contributed by atoms with Gasteiger partial charge in [-0.15, -0.1) is 11.3 Å². The van der Waals surface area contributed by atoms with E-state index in [9.17, 15) is 4.79 Å². The van der Waals surface area contributed by atoms with Gasteiger partial charge in [0.05, 0.1) is 5.00 Å². The number of amides is 1. The number of thiophene rings is 1. The van der Waals surface area contributed by atoms with Gasteiger partial charge in [0, 0.05) is 29.6 Å². The number of pyridine rings is 1. The van der Waals surface area contributed by atoms with Gasteiger partial charge >= 0.3 is 0 Å². The summed E-state index contributed by atoms with van der Waals surface area (Å²) in [6.07, 6.45) is 9.08. The first-order valence-corrected chi connectivity index (χ1v) is 7.99. The van der Waals surface area contributed by atoms with Crippen molar-refractivity contribution in [3.05, 3.63) is 46.1 Å². The van der Waals surface area contributed by atoms with Crippen LogP contribution >= 0.6 is 11.3 Å². The van der Waals surface area contributed by atoms with Crippen LogP contribution in [0.1, 0.15) is 46.7 Å². The average molecular weight is 284 g/mol. The number of aromatic nitrogens is 1. The van der Waals surface area contributed by atoms with Gasteiger partial charge < -0.3 is 5.32 Å². The number of anilines is 1. The van der Waals surface area contributed by atoms with Gasteiger partial charge in [0.2, 0.25) is 5.91 Å². The van der Waals surface area contributed by atoms with Crippen LogP contribution in [0.3, 0.4) is 0 Å². The number of fused-ring (bicyclic) bond motifs is 3. The lowest BCUT2D eigenvalue weighted by atomic mass is 9.82. The molecule has 0 unspecified atom stereocenters. The van der Waals surface area contributed by atoms with Crippen LogP contribution in [-0.2, 0) is 17.6 Å². The van der Waals surface area contributed by atoms with Crippen LogP contribution in [-0.4, -0.2) is 10.9 Å². The molecule has 1 aliphatic carbocycles. The van der Waals surface area contributed by atoms with Crippen molar-refractivity contribution in [3.63, 3.8) is 0 Å². The second-order valence-electron chi connectivity index (χ2n) is 5.54. The molecule has 0 bridgehead atoms. The lowest BCUT2D eigenvalue weighted by molar-refractivity contribution is -0.116. The molecule has 2 aromatic rings. The molecule has 0 spiro atoms. The van der Waals surface area contributed by atoms with E-state index in [1.165, 1.54) is 47.3 Å². The van der Waals surface area contributed by atoms with E-state index in [0.29, 0.717) is 6.42 Å². The van der Waals surface area contributed by atoms with E-state index in [4.69, 9.17) is 0 Å². The second kappa shape index (κ2) is 4.70. The fourth-order valence-corrected chi connectivity index (χ4v) is 4.77. The minimum atomic E-state index is 0.137. The Morgan fingerprint density at radius 1 is 1.20 bits per heavy atom. The van der Waals surface area contributed by atoms with Crippen molar-refractivity contribution >= 4 is 22.2 Å². The first-order chi connectivity index (χ1) is 9.83. The van der Waals surface area contributed by atoms with Crippen molar-refractivity contribution in [2.45, 2.75) is 38.0 Å². The van der Waals surface area contributed by atoms with Crippen molar-refractivity contribution in [2.75, 3.05) is 5.32 Å². The first-order valence-electron chi connectivity index (χ1n) is 7.17. The van der Waals surface area contributed by atoms with Crippen LogP contribution in [0, 0.1) is 0 Å². The van der Waals surface area contributed by atoms with E-state index in [1.807, 2.05) is 24.5 Å². The fraction of sp³-hybridized carbons (Fsp3) is 0.375. The Morgan fingerprint density at radius 2 is 2.00 bits per heavy atom. The summed E-state index contributed by atoms with van der Waals surface area (Å²) < 4.78 is 0. The third-order valence-electron chi connectivity index (χ3n) is 4.31. The summed E-state index contributed by atoms with van der Waals surface area (Å²) in [6.45, 7) is 0. The van der Waals surface area contributed by atoms with E-state index in [1.54, 1.807) is 11.3 Å². The van der Waals surface area contributed by atoms with Crippen LogP contribution in [0.5, 0.6) is 0 Å². The highest BCUT2D eigenvalue weighted by Crippen LogP contribution is 2.47. The van der Waals surface area contributed by atoms with Crippen LogP contribution < -0.4 is 5.32 Å². The van der Waals surface area contributed by atoms with E-state index < -0.39 is 0 Å². The maximum absolute atomic E-state index is 12.0. The molecular weight excluding hydrogens is 268 g/mol. The lowest BCUT2D eigenvalue weighted by Crippen LogP contribution is -2.23. The molecule has 1 aliphatic heterocycles. The highest BCUT2D eigenvalue weighted by molar-refractivity contribution is 7.16. The number of carbonyl (C=O) groups excluding carboxylic acids is 1. The molecule has 0 fully saturated rings. The molecule has 0 aromatic carbocycles. The molecule has 1 atom stereocenters. The molecule has 1 N–H and O–H groups in total. The Labute approximate surface area is 122 Å². The van der Waals surface area contributed by atoms with Gasteiger partial charge in [-0.3, -0.25) is 9.78 Å². The number of hydrogen-bond donors (Lipinski definition) is 1. The number of carbonyl (C=O) groups is 1. The molecule has 4 heteroatoms. The Morgan fingerprint density at radius 3 is 2.85 bits per heavy atom. The minimum Gasteiger partial charge on any atom is -0.317 e. The van der Waals surface area contributed by atoms with Crippen LogP contribution in [0.2, 0.25) is 0 Å². The lowest BCUT2D eigenvalue weighted by Gasteiger charge is -2.25. The van der Waals surface area contributed by atoms with Gasteiger partial charge in [-0.25, -0.2) is 0 Å². The molecule has 0 saturated carbocycles. The largest absolute Gasteiger partial charge is 0.317 e. The van der Waals surface area contributed by atoms with Gasteiger partial charge in [0.15, 0.2) is 0 Å². The highest BCUT2D eigenvalue weighted by Gasteiger charge is 2.33. The third-order valence-corrected chi connectivity index (χ3v) is 5.53. The van der Waals surface area contributed by atoms with Gasteiger partial charge in [0.1, 0.15) is 0 Å². The van der Waals surface area contributed by atoms with Gasteiger partial charge in [0.25, 0.3) is 0 Å². The zero-order valence-electron chi connectivity index (χ0n) is 11.2. The van der Waals surface area contributed by atoms with Gasteiger partial charge in [-0.2, -0.15) is 0 Å². The molecule has 0 saturated heterocycles. The van der Waals surface area contributed by atoms with E-state index in [2.05, 4.69) is 10.3 Å². The van der Waals surface area contributed by atoms with Gasteiger partial charge in [-0.1, -0.05) is 0 Å². The molecular formula is C16H16N2OS. The summed E-state index contributed by atoms with van der Waals surface area (Å²) in [4.78, 5) is 17.6. The highest BCUT2D eigenvalue weighted by atomic mass is 32.1. The monoisotopic (exact) mass is 284 g/mol. The van der Waals surface area contributed by atoms with Crippen molar-refractivity contribution in [1.82, 2.24) is 4.98 Å². The summed E-state index contributed by atoms with van der Waals surface area (Å²) >= 11 is 1.79. The number of rotatable bonds is 1. The maximum atomic E-state index is 12.0. The minimum absolute atomic E-state index is 0.137. The third kappa shape index (κ3) is 1.86. The normalized spacial score (nSPS) is 21.0. The summed E-state index contributed by atoms with van der Waals surface area (Å²) in [5.74, 6) is 0.345. The number of nitrogens with zero attached hydrogens (tertiary/aromatic N) is 1. The molecule has 2 aromatic heterocycles. The predicted octanol–water partition coefficient (Wildman–Crippen LogP) is 3.50. The van der Waals surface area contributed by atoms with Gasteiger partial charge in [-0.05, 0) is 54.5 Å². The second-order valence-corrected chi connectivity index (χ2v) is 6.64. The van der Waals surface area contributed by atoms with Crippen LogP contribution in [0.25, 0.3) is 0 Å². The molecule has 102 valence electrons. The molecule has 3 nitrogen and oxygen atoms in total. The molecule has 0 radical (unpaired) electrons. The van der Waals surface area contributed by atoms with E-state index >= 15 is 0 Å². The molecule has 3 heterocycles. The zero-order valence-corrected chi connectivity index (χ0v) is 12.0. The summed E-state index contributed by atoms with van der Waals surface area (Å²) in [7, 11) is 0. The summed E-state index contributed by atoms with van der Waals surface area (Å²) in [5.41, 5.74) is 4.11. The summed E-state index contributed by atoms with van der Waals surface area (Å²) in [6, 6.07) is 4.08. The van der Waals surface area contributed by atoms with Crippen LogP contribution in [0.4, 0.5) is 5.00 Å². The summed E-state index contributed by atoms with van der Waals surface area (Å²) in [5, 5.41) is 4.17. The van der Waals surface area contributed by atoms with Crippen molar-refractivity contribution < 1.29 is 4.79 Å². The van der Waals surface area contributed by atoms with Crippen molar-refractivity contribution in [3.8, 4) is 0 Å². The topological polar surface area (TPSA) is 42.0 Å². The van der Waals surface area contributed by atoms with Crippen molar-refractivity contribution in [2.24, 2.45) is 0 Å². The zero-order chi connectivity index (χ0) is 13.5. The number of nitrogens with one attached hydrogen (secondary N) is 1. The molecule has 1 amide bonds. The maximum Gasteiger partial charge on any atom is 0.225 e. The molecule has 20 heavy (non-hydrogen) atoms. The van der Waals surface area contributed by atoms with E-state index in [-0.39, 0.29) is 11.8 Å². The Hall–Kier alpha value is -1.68. The quantitative estimate of drug-likeness (QED) is 0.871. The fourth-order valence-electron chi connectivity index (χ4n) is 3.40. The standard InChI is InChI=1S/C16H16N2OS/c19-14-9-12(10-5-7-17-8-6-10)15-11-3-1-2-4-13(11)20-16(15)18-14/h5-8,12H,1-4,9H2,(H,18,19)/t12-/m0/s1. The molecule has 4 rings (SSSR count). The predicted molar refractivity (Wildman–Crippen MR) is 80.3 cm³/mol. The van der Waals surface area contributed by atoms with Crippen molar-refractivity contribution in [1.29, 1.82) is 0 Å². The van der Waals surface area contributed by atoms with Crippen LogP contribution in [0.15, 0.2) is 24.5 Å². The SMILES string of the molecule is O=C1C[C@@H](c2ccncc2)c2c(sc3c2CCCC3)N1. The molecule has 2 aliphatic rings. The van der Waals surface area contributed by atoms with E-state index in [0.717, 1.165) is 5.00 Å². The average Bonchev–Trinajstić information content (AvgIpc) is 2.85. The Kier molecular flexibility index (Phi) is 2.84. The number of hydrogen-bond acceptors (Lipinski definition) is 3. The Bertz CT molecular complexity index is 663. The number of aryl methyl sites for hydroxylation is 1.